The van der Waals surface area contributed by atoms with Crippen molar-refractivity contribution in [2.24, 2.45) is 0 Å². The zero-order chi connectivity index (χ0) is 20.5. The van der Waals surface area contributed by atoms with Gasteiger partial charge in [0.15, 0.2) is 0 Å². The molecule has 0 aromatic heterocycles. The molecule has 1 N–H and O–H groups in total. The summed E-state index contributed by atoms with van der Waals surface area (Å²) >= 11 is 0. The number of unbranched alkanes of at least 4 members (excludes halogenated alkanes) is 1. The molecule has 152 valence electrons. The van der Waals surface area contributed by atoms with Gasteiger partial charge in [-0.05, 0) is 30.9 Å². The molecule has 8 heteroatoms. The van der Waals surface area contributed by atoms with E-state index in [2.05, 4.69) is 0 Å². The minimum atomic E-state index is -1.17. The Hall–Kier alpha value is -2.35. The van der Waals surface area contributed by atoms with Gasteiger partial charge < -0.3 is 19.2 Å². The van der Waals surface area contributed by atoms with Crippen molar-refractivity contribution in [2.75, 3.05) is 6.79 Å². The zero-order valence-corrected chi connectivity index (χ0v) is 16.4. The molecule has 1 heterocycles. The van der Waals surface area contributed by atoms with Gasteiger partial charge in [0.2, 0.25) is 6.79 Å². The molecular formula is C20H27BO7. The number of Topliss-reactive ketones (excluding diaryl/α,β-unsaturated/α-hetero) is 1. The fourth-order valence-electron chi connectivity index (χ4n) is 3.09. The van der Waals surface area contributed by atoms with Crippen LogP contribution < -0.4 is 4.65 Å². The molecule has 0 spiro atoms. The van der Waals surface area contributed by atoms with Gasteiger partial charge >= 0.3 is 19.1 Å². The lowest BCUT2D eigenvalue weighted by molar-refractivity contribution is -0.152. The van der Waals surface area contributed by atoms with Crippen molar-refractivity contribution in [1.82, 2.24) is 0 Å². The Kier molecular flexibility index (Phi) is 8.51. The number of hydrogen-bond donors (Lipinski definition) is 1. The Bertz CT molecular complexity index is 704. The summed E-state index contributed by atoms with van der Waals surface area (Å²) in [6.07, 6.45) is 3.84. The molecule has 0 bridgehead atoms. The number of esters is 2. The maximum Gasteiger partial charge on any atom is 0.526 e. The molecule has 0 amide bonds. The van der Waals surface area contributed by atoms with E-state index in [1.807, 2.05) is 13.8 Å². The summed E-state index contributed by atoms with van der Waals surface area (Å²) in [5, 5.41) is 10.3. The number of ketones is 1. The van der Waals surface area contributed by atoms with E-state index in [1.54, 1.807) is 12.1 Å². The van der Waals surface area contributed by atoms with Crippen molar-refractivity contribution in [3.05, 3.63) is 29.3 Å². The van der Waals surface area contributed by atoms with Crippen molar-refractivity contribution in [2.45, 2.75) is 64.6 Å². The fraction of sp³-hybridized carbons (Fsp3) is 0.550. The summed E-state index contributed by atoms with van der Waals surface area (Å²) in [6, 6.07) is 5.01. The van der Waals surface area contributed by atoms with Crippen LogP contribution in [-0.2, 0) is 25.5 Å². The van der Waals surface area contributed by atoms with Crippen LogP contribution in [0.25, 0.3) is 0 Å². The van der Waals surface area contributed by atoms with Crippen molar-refractivity contribution in [3.63, 3.8) is 0 Å². The maximum atomic E-state index is 12.3. The number of rotatable bonds is 10. The second-order valence-corrected chi connectivity index (χ2v) is 6.93. The quantitative estimate of drug-likeness (QED) is 0.372. The lowest BCUT2D eigenvalue weighted by Gasteiger charge is -2.28. The summed E-state index contributed by atoms with van der Waals surface area (Å²) in [6.45, 7) is 3.39. The third kappa shape index (κ3) is 6.09. The minimum Gasteiger partial charge on any atom is -0.535 e. The van der Waals surface area contributed by atoms with E-state index in [1.165, 1.54) is 6.07 Å². The molecule has 1 aromatic rings. The first-order valence-corrected chi connectivity index (χ1v) is 9.77. The van der Waals surface area contributed by atoms with E-state index in [-0.39, 0.29) is 35.8 Å². The Balaban J connectivity index is 2.00. The summed E-state index contributed by atoms with van der Waals surface area (Å²) in [5.41, 5.74) is 0.884. The fourth-order valence-corrected chi connectivity index (χ4v) is 3.09. The average molecular weight is 390 g/mol. The SMILES string of the molecule is CCCCC(=O)C[C@H]1Cc2cccc(C(=O)OCOC(=O)CCC)c2OB1O. The van der Waals surface area contributed by atoms with Crippen molar-refractivity contribution >= 4 is 24.8 Å². The number of para-hydroxylation sites is 1. The van der Waals surface area contributed by atoms with Crippen LogP contribution in [0.5, 0.6) is 5.75 Å². The van der Waals surface area contributed by atoms with Gasteiger partial charge in [0.05, 0.1) is 0 Å². The van der Waals surface area contributed by atoms with Crippen LogP contribution in [-0.4, -0.2) is 36.7 Å². The van der Waals surface area contributed by atoms with Crippen LogP contribution in [0, 0.1) is 0 Å². The molecule has 0 aliphatic carbocycles. The molecule has 28 heavy (non-hydrogen) atoms. The van der Waals surface area contributed by atoms with E-state index in [0.717, 1.165) is 18.4 Å². The topological polar surface area (TPSA) is 99.1 Å². The highest BCUT2D eigenvalue weighted by atomic mass is 16.7. The van der Waals surface area contributed by atoms with E-state index in [0.29, 0.717) is 19.3 Å². The second kappa shape index (κ2) is 10.9. The van der Waals surface area contributed by atoms with Gasteiger partial charge in [0.25, 0.3) is 0 Å². The van der Waals surface area contributed by atoms with Gasteiger partial charge in [-0.3, -0.25) is 9.59 Å². The molecule has 7 nitrogen and oxygen atoms in total. The Morgan fingerprint density at radius 1 is 1.18 bits per heavy atom. The van der Waals surface area contributed by atoms with Gasteiger partial charge in [0, 0.05) is 25.1 Å². The predicted molar refractivity (Wildman–Crippen MR) is 103 cm³/mol. The number of carbonyl (C=O) groups excluding carboxylic acids is 3. The normalized spacial score (nSPS) is 15.4. The van der Waals surface area contributed by atoms with Crippen LogP contribution in [0.3, 0.4) is 0 Å². The van der Waals surface area contributed by atoms with Crippen LogP contribution in [0.15, 0.2) is 18.2 Å². The van der Waals surface area contributed by atoms with Crippen molar-refractivity contribution in [1.29, 1.82) is 0 Å². The van der Waals surface area contributed by atoms with Crippen molar-refractivity contribution in [3.8, 4) is 5.75 Å². The van der Waals surface area contributed by atoms with E-state index in [4.69, 9.17) is 14.1 Å². The number of carbonyl (C=O) groups is 3. The molecule has 0 saturated heterocycles. The molecule has 1 atom stereocenters. The average Bonchev–Trinajstić information content (AvgIpc) is 2.66. The summed E-state index contributed by atoms with van der Waals surface area (Å²) in [5.74, 6) is -1.14. The molecule has 1 aliphatic heterocycles. The van der Waals surface area contributed by atoms with Crippen LogP contribution >= 0.6 is 0 Å². The van der Waals surface area contributed by atoms with Gasteiger partial charge in [-0.1, -0.05) is 32.4 Å². The maximum absolute atomic E-state index is 12.3. The molecule has 1 aliphatic rings. The predicted octanol–water partition coefficient (Wildman–Crippen LogP) is 3.08. The van der Waals surface area contributed by atoms with Crippen LogP contribution in [0.2, 0.25) is 5.82 Å². The molecule has 0 saturated carbocycles. The number of hydrogen-bond acceptors (Lipinski definition) is 7. The van der Waals surface area contributed by atoms with Gasteiger partial charge in [-0.25, -0.2) is 4.79 Å². The van der Waals surface area contributed by atoms with Gasteiger partial charge in [-0.15, -0.1) is 0 Å². The van der Waals surface area contributed by atoms with E-state index < -0.39 is 25.8 Å². The number of ether oxygens (including phenoxy) is 2. The highest BCUT2D eigenvalue weighted by Crippen LogP contribution is 2.36. The monoisotopic (exact) mass is 390 g/mol. The highest BCUT2D eigenvalue weighted by molar-refractivity contribution is 6.47. The number of fused-ring (bicyclic) bond motifs is 1. The smallest absolute Gasteiger partial charge is 0.526 e. The Morgan fingerprint density at radius 2 is 1.96 bits per heavy atom. The molecule has 1 aromatic carbocycles. The summed E-state index contributed by atoms with van der Waals surface area (Å²) < 4.78 is 15.4. The summed E-state index contributed by atoms with van der Waals surface area (Å²) in [7, 11) is -1.17. The third-order valence-electron chi connectivity index (χ3n) is 4.60. The Labute approximate surface area is 165 Å². The first-order chi connectivity index (χ1) is 13.5. The largest absolute Gasteiger partial charge is 0.535 e. The third-order valence-corrected chi connectivity index (χ3v) is 4.60. The second-order valence-electron chi connectivity index (χ2n) is 6.93. The van der Waals surface area contributed by atoms with Crippen LogP contribution in [0.1, 0.15) is 68.3 Å². The molecule has 0 fully saturated rings. The summed E-state index contributed by atoms with van der Waals surface area (Å²) in [4.78, 5) is 35.7. The highest BCUT2D eigenvalue weighted by Gasteiger charge is 2.37. The standard InChI is InChI=1S/C20H27BO7/c1-3-5-9-16(22)12-15-11-14-8-6-10-17(19(14)28-21(15)25)20(24)27-13-26-18(23)7-4-2/h6,8,10,15,25H,3-5,7,9,11-13H2,1-2H3/t15-/m1/s1. The molecule has 2 rings (SSSR count). The lowest BCUT2D eigenvalue weighted by atomic mass is 9.64. The van der Waals surface area contributed by atoms with Crippen molar-refractivity contribution < 1.29 is 33.5 Å². The zero-order valence-electron chi connectivity index (χ0n) is 16.4. The minimum absolute atomic E-state index is 0.0995. The number of benzene rings is 1. The van der Waals surface area contributed by atoms with Gasteiger partial charge in [-0.2, -0.15) is 0 Å². The first-order valence-electron chi connectivity index (χ1n) is 9.77. The first kappa shape index (κ1) is 21.9. The molecular weight excluding hydrogens is 363 g/mol. The Morgan fingerprint density at radius 3 is 2.68 bits per heavy atom. The van der Waals surface area contributed by atoms with E-state index in [9.17, 15) is 19.4 Å². The molecule has 0 unspecified atom stereocenters. The molecule has 0 radical (unpaired) electrons. The van der Waals surface area contributed by atoms with E-state index >= 15 is 0 Å². The van der Waals surface area contributed by atoms with Crippen LogP contribution in [0.4, 0.5) is 0 Å². The van der Waals surface area contributed by atoms with Gasteiger partial charge in [0.1, 0.15) is 17.1 Å². The lowest BCUT2D eigenvalue weighted by Crippen LogP contribution is -2.36.